The molecule has 0 aromatic rings. The van der Waals surface area contributed by atoms with Gasteiger partial charge in [0.1, 0.15) is 0 Å². The van der Waals surface area contributed by atoms with E-state index in [0.717, 1.165) is 5.92 Å². The fourth-order valence-electron chi connectivity index (χ4n) is 0.981. The van der Waals surface area contributed by atoms with Crippen molar-refractivity contribution >= 4 is 0 Å². The Balaban J connectivity index is 2.91. The van der Waals surface area contributed by atoms with Gasteiger partial charge in [-0.05, 0) is 25.7 Å². The molecule has 0 aromatic carbocycles. The third-order valence-electron chi connectivity index (χ3n) is 1.64. The van der Waals surface area contributed by atoms with Gasteiger partial charge in [-0.3, -0.25) is 0 Å². The molecule has 0 fully saturated rings. The molecule has 0 saturated carbocycles. The van der Waals surface area contributed by atoms with Gasteiger partial charge in [0, 0.05) is 0 Å². The molecule has 0 atom stereocenters. The molecular weight excluding hydrogens is 120 g/mol. The Morgan fingerprint density at radius 3 is 2.40 bits per heavy atom. The van der Waals surface area contributed by atoms with Crippen LogP contribution in [0.3, 0.4) is 0 Å². The smallest absolute Gasteiger partial charge is 0.0351 e. The Morgan fingerprint density at radius 2 is 1.90 bits per heavy atom. The topological polar surface area (TPSA) is 0 Å². The van der Waals surface area contributed by atoms with E-state index < -0.39 is 0 Å². The van der Waals surface area contributed by atoms with Crippen molar-refractivity contribution in [2.45, 2.75) is 46.5 Å². The van der Waals surface area contributed by atoms with Crippen LogP contribution in [0.15, 0.2) is 12.2 Å². The molecule has 0 heteroatoms. The standard InChI is InChI=1S/C10H20/c1-4-5-6-7-8-9-10(2)3/h4-5,10H,6-9H2,1-3H3/b5-4+. The zero-order valence-corrected chi connectivity index (χ0v) is 7.56. The summed E-state index contributed by atoms with van der Waals surface area (Å²) in [6.07, 6.45) is 9.79. The van der Waals surface area contributed by atoms with Crippen LogP contribution in [-0.4, -0.2) is 0 Å². The van der Waals surface area contributed by atoms with Gasteiger partial charge in [-0.15, -0.1) is 0 Å². The second kappa shape index (κ2) is 6.85. The minimum Gasteiger partial charge on any atom is -0.0917 e. The van der Waals surface area contributed by atoms with Gasteiger partial charge in [-0.25, -0.2) is 0 Å². The Hall–Kier alpha value is -0.260. The quantitative estimate of drug-likeness (QED) is 0.402. The van der Waals surface area contributed by atoms with Crippen molar-refractivity contribution in [1.82, 2.24) is 0 Å². The highest BCUT2D eigenvalue weighted by Crippen LogP contribution is 2.07. The van der Waals surface area contributed by atoms with Crippen LogP contribution in [0.2, 0.25) is 0 Å². The highest BCUT2D eigenvalue weighted by atomic mass is 14.0. The maximum absolute atomic E-state index is 2.29. The van der Waals surface area contributed by atoms with E-state index in [1.54, 1.807) is 0 Å². The van der Waals surface area contributed by atoms with E-state index in [-0.39, 0.29) is 0 Å². The molecule has 0 aliphatic rings. The first kappa shape index (κ1) is 9.74. The lowest BCUT2D eigenvalue weighted by Crippen LogP contribution is -1.85. The maximum atomic E-state index is 2.29. The molecule has 60 valence electrons. The predicted octanol–water partition coefficient (Wildman–Crippen LogP) is 3.78. The molecule has 0 bridgehead atoms. The zero-order valence-electron chi connectivity index (χ0n) is 7.56. The van der Waals surface area contributed by atoms with Gasteiger partial charge in [0.25, 0.3) is 0 Å². The van der Waals surface area contributed by atoms with E-state index in [1.807, 2.05) is 0 Å². The lowest BCUT2D eigenvalue weighted by Gasteiger charge is -2.01. The highest BCUT2D eigenvalue weighted by molar-refractivity contribution is 4.76. The molecule has 0 nitrogen and oxygen atoms in total. The molecule has 10 heavy (non-hydrogen) atoms. The van der Waals surface area contributed by atoms with Gasteiger partial charge in [0.05, 0.1) is 0 Å². The average Bonchev–Trinajstić information content (AvgIpc) is 1.87. The third-order valence-corrected chi connectivity index (χ3v) is 1.64. The molecule has 0 unspecified atom stereocenters. The van der Waals surface area contributed by atoms with Crippen molar-refractivity contribution in [2.24, 2.45) is 5.92 Å². The van der Waals surface area contributed by atoms with Crippen LogP contribution in [0.1, 0.15) is 46.5 Å². The molecular formula is C10H20. The summed E-state index contributed by atoms with van der Waals surface area (Å²) in [6, 6.07) is 0. The first-order valence-electron chi connectivity index (χ1n) is 4.38. The van der Waals surface area contributed by atoms with Gasteiger partial charge in [-0.2, -0.15) is 0 Å². The molecule has 0 aliphatic heterocycles. The van der Waals surface area contributed by atoms with Crippen molar-refractivity contribution in [2.75, 3.05) is 0 Å². The summed E-state index contributed by atoms with van der Waals surface area (Å²) in [5.74, 6) is 0.880. The van der Waals surface area contributed by atoms with Crippen molar-refractivity contribution in [3.05, 3.63) is 12.2 Å². The first-order chi connectivity index (χ1) is 4.77. The monoisotopic (exact) mass is 140 g/mol. The fourth-order valence-corrected chi connectivity index (χ4v) is 0.981. The number of unbranched alkanes of at least 4 members (excludes halogenated alkanes) is 2. The second-order valence-corrected chi connectivity index (χ2v) is 3.25. The molecule has 0 aliphatic carbocycles. The second-order valence-electron chi connectivity index (χ2n) is 3.25. The highest BCUT2D eigenvalue weighted by Gasteiger charge is 1.91. The number of rotatable bonds is 5. The van der Waals surface area contributed by atoms with Crippen molar-refractivity contribution < 1.29 is 0 Å². The molecule has 0 spiro atoms. The van der Waals surface area contributed by atoms with Crippen LogP contribution < -0.4 is 0 Å². The van der Waals surface area contributed by atoms with Gasteiger partial charge in [0.2, 0.25) is 0 Å². The van der Waals surface area contributed by atoms with Crippen molar-refractivity contribution in [3.63, 3.8) is 0 Å². The van der Waals surface area contributed by atoms with Crippen LogP contribution in [0, 0.1) is 5.92 Å². The summed E-state index contributed by atoms with van der Waals surface area (Å²) >= 11 is 0. The van der Waals surface area contributed by atoms with E-state index in [0.29, 0.717) is 0 Å². The minimum atomic E-state index is 0.880. The van der Waals surface area contributed by atoms with Gasteiger partial charge >= 0.3 is 0 Å². The van der Waals surface area contributed by atoms with Gasteiger partial charge < -0.3 is 0 Å². The Bertz CT molecular complexity index is 80.0. The number of hydrogen-bond acceptors (Lipinski definition) is 0. The Morgan fingerprint density at radius 1 is 1.20 bits per heavy atom. The average molecular weight is 140 g/mol. The van der Waals surface area contributed by atoms with Crippen LogP contribution in [0.4, 0.5) is 0 Å². The summed E-state index contributed by atoms with van der Waals surface area (Å²) < 4.78 is 0. The van der Waals surface area contributed by atoms with Crippen LogP contribution in [0.5, 0.6) is 0 Å². The zero-order chi connectivity index (χ0) is 7.82. The summed E-state index contributed by atoms with van der Waals surface area (Å²) in [6.45, 7) is 6.66. The molecule has 0 amide bonds. The van der Waals surface area contributed by atoms with E-state index in [4.69, 9.17) is 0 Å². The van der Waals surface area contributed by atoms with Crippen LogP contribution >= 0.6 is 0 Å². The maximum Gasteiger partial charge on any atom is -0.0351 e. The van der Waals surface area contributed by atoms with Gasteiger partial charge in [0.15, 0.2) is 0 Å². The first-order valence-corrected chi connectivity index (χ1v) is 4.38. The van der Waals surface area contributed by atoms with Crippen molar-refractivity contribution in [1.29, 1.82) is 0 Å². The van der Waals surface area contributed by atoms with Crippen molar-refractivity contribution in [3.8, 4) is 0 Å². The predicted molar refractivity (Wildman–Crippen MR) is 48.1 cm³/mol. The summed E-state index contributed by atoms with van der Waals surface area (Å²) in [7, 11) is 0. The summed E-state index contributed by atoms with van der Waals surface area (Å²) in [5.41, 5.74) is 0. The van der Waals surface area contributed by atoms with Gasteiger partial charge in [-0.1, -0.05) is 38.8 Å². The number of hydrogen-bond donors (Lipinski definition) is 0. The largest absolute Gasteiger partial charge is 0.0917 e. The molecule has 0 rings (SSSR count). The fraction of sp³-hybridized carbons (Fsp3) is 0.800. The van der Waals surface area contributed by atoms with E-state index in [1.165, 1.54) is 25.7 Å². The summed E-state index contributed by atoms with van der Waals surface area (Å²) in [5, 5.41) is 0. The SMILES string of the molecule is C/C=C/CCCCC(C)C. The minimum absolute atomic E-state index is 0.880. The lowest BCUT2D eigenvalue weighted by atomic mass is 10.1. The summed E-state index contributed by atoms with van der Waals surface area (Å²) in [4.78, 5) is 0. The van der Waals surface area contributed by atoms with E-state index in [9.17, 15) is 0 Å². The van der Waals surface area contributed by atoms with Crippen LogP contribution in [0.25, 0.3) is 0 Å². The Kier molecular flexibility index (Phi) is 6.68. The third kappa shape index (κ3) is 7.74. The normalized spacial score (nSPS) is 11.6. The molecule has 0 radical (unpaired) electrons. The Labute approximate surface area is 65.3 Å². The van der Waals surface area contributed by atoms with E-state index >= 15 is 0 Å². The molecule has 0 aromatic heterocycles. The molecule has 0 saturated heterocycles. The molecule has 0 heterocycles. The van der Waals surface area contributed by atoms with E-state index in [2.05, 4.69) is 32.9 Å². The van der Waals surface area contributed by atoms with Crippen LogP contribution in [-0.2, 0) is 0 Å². The number of allylic oxidation sites excluding steroid dienone is 2. The lowest BCUT2D eigenvalue weighted by molar-refractivity contribution is 0.540. The molecule has 0 N–H and O–H groups in total.